The fourth-order valence-electron chi connectivity index (χ4n) is 1.94. The molecule has 6 heteroatoms. The molecule has 1 heterocycles. The first-order chi connectivity index (χ1) is 10.6. The van der Waals surface area contributed by atoms with Gasteiger partial charge in [-0.15, -0.1) is 11.3 Å². The number of hydrogen-bond acceptors (Lipinski definition) is 4. The summed E-state index contributed by atoms with van der Waals surface area (Å²) in [4.78, 5) is 19.4. The molecule has 2 amide bonds. The van der Waals surface area contributed by atoms with Gasteiger partial charge in [0, 0.05) is 37.4 Å². The molecule has 0 aliphatic rings. The molecule has 5 nitrogen and oxygen atoms in total. The second kappa shape index (κ2) is 7.79. The van der Waals surface area contributed by atoms with E-state index in [0.717, 1.165) is 22.7 Å². The highest BCUT2D eigenvalue weighted by atomic mass is 32.1. The molecule has 0 aliphatic carbocycles. The number of rotatable bonds is 6. The first kappa shape index (κ1) is 16.3. The molecule has 0 spiro atoms. The van der Waals surface area contributed by atoms with Crippen LogP contribution in [0.2, 0.25) is 0 Å². The molecule has 22 heavy (non-hydrogen) atoms. The van der Waals surface area contributed by atoms with Crippen LogP contribution in [0.3, 0.4) is 0 Å². The number of aromatic nitrogens is 1. The van der Waals surface area contributed by atoms with E-state index in [9.17, 15) is 4.79 Å². The third kappa shape index (κ3) is 4.73. The van der Waals surface area contributed by atoms with Gasteiger partial charge in [-0.2, -0.15) is 0 Å². The van der Waals surface area contributed by atoms with E-state index in [2.05, 4.69) is 28.6 Å². The molecule has 0 unspecified atom stereocenters. The largest absolute Gasteiger partial charge is 0.378 e. The van der Waals surface area contributed by atoms with Gasteiger partial charge in [-0.25, -0.2) is 9.78 Å². The summed E-state index contributed by atoms with van der Waals surface area (Å²) >= 11 is 1.64. The molecule has 1 aromatic carbocycles. The Morgan fingerprint density at radius 1 is 1.27 bits per heavy atom. The highest BCUT2D eigenvalue weighted by Crippen LogP contribution is 2.14. The SMILES string of the molecule is CCc1cnc(CNC(=O)NCc2cccc(N(C)C)c2)s1. The summed E-state index contributed by atoms with van der Waals surface area (Å²) < 4.78 is 0. The number of urea groups is 1. The van der Waals surface area contributed by atoms with Crippen LogP contribution in [0.5, 0.6) is 0 Å². The molecule has 118 valence electrons. The van der Waals surface area contributed by atoms with Crippen LogP contribution in [0.15, 0.2) is 30.5 Å². The molecule has 0 bridgehead atoms. The highest BCUT2D eigenvalue weighted by molar-refractivity contribution is 7.11. The van der Waals surface area contributed by atoms with E-state index in [1.807, 2.05) is 43.4 Å². The summed E-state index contributed by atoms with van der Waals surface area (Å²) in [6.45, 7) is 3.07. The number of carbonyl (C=O) groups is 1. The minimum absolute atomic E-state index is 0.177. The van der Waals surface area contributed by atoms with Crippen LogP contribution in [0.1, 0.15) is 22.4 Å². The molecule has 0 saturated heterocycles. The lowest BCUT2D eigenvalue weighted by atomic mass is 10.2. The van der Waals surface area contributed by atoms with E-state index >= 15 is 0 Å². The topological polar surface area (TPSA) is 57.3 Å². The van der Waals surface area contributed by atoms with Crippen LogP contribution in [0, 0.1) is 0 Å². The molecule has 0 radical (unpaired) electrons. The predicted octanol–water partition coefficient (Wildman–Crippen LogP) is 2.77. The Bertz CT molecular complexity index is 624. The second-order valence-corrected chi connectivity index (χ2v) is 6.37. The minimum atomic E-state index is -0.177. The zero-order valence-corrected chi connectivity index (χ0v) is 14.0. The second-order valence-electron chi connectivity index (χ2n) is 5.17. The molecule has 2 rings (SSSR count). The summed E-state index contributed by atoms with van der Waals surface area (Å²) in [7, 11) is 4.00. The van der Waals surface area contributed by atoms with Crippen molar-refractivity contribution >= 4 is 23.1 Å². The Kier molecular flexibility index (Phi) is 5.77. The van der Waals surface area contributed by atoms with Crippen LogP contribution in [-0.4, -0.2) is 25.1 Å². The van der Waals surface area contributed by atoms with Crippen LogP contribution < -0.4 is 15.5 Å². The Morgan fingerprint density at radius 3 is 2.73 bits per heavy atom. The first-order valence-electron chi connectivity index (χ1n) is 7.30. The maximum absolute atomic E-state index is 11.8. The lowest BCUT2D eigenvalue weighted by Crippen LogP contribution is -2.34. The van der Waals surface area contributed by atoms with E-state index in [1.165, 1.54) is 4.88 Å². The van der Waals surface area contributed by atoms with Gasteiger partial charge < -0.3 is 15.5 Å². The molecular formula is C16H22N4OS. The van der Waals surface area contributed by atoms with Gasteiger partial charge in [0.1, 0.15) is 5.01 Å². The van der Waals surface area contributed by atoms with E-state index in [4.69, 9.17) is 0 Å². The summed E-state index contributed by atoms with van der Waals surface area (Å²) in [5.41, 5.74) is 2.19. The van der Waals surface area contributed by atoms with Gasteiger partial charge in [0.2, 0.25) is 0 Å². The van der Waals surface area contributed by atoms with Gasteiger partial charge in [-0.1, -0.05) is 19.1 Å². The predicted molar refractivity (Wildman–Crippen MR) is 91.3 cm³/mol. The van der Waals surface area contributed by atoms with Crippen molar-refractivity contribution < 1.29 is 4.79 Å². The van der Waals surface area contributed by atoms with Gasteiger partial charge in [-0.05, 0) is 24.1 Å². The minimum Gasteiger partial charge on any atom is -0.378 e. The first-order valence-corrected chi connectivity index (χ1v) is 8.11. The van der Waals surface area contributed by atoms with Gasteiger partial charge in [0.25, 0.3) is 0 Å². The lowest BCUT2D eigenvalue weighted by molar-refractivity contribution is 0.240. The van der Waals surface area contributed by atoms with Crippen molar-refractivity contribution in [1.82, 2.24) is 15.6 Å². The standard InChI is InChI=1S/C16H22N4OS/c1-4-14-10-17-15(22-14)11-19-16(21)18-9-12-6-5-7-13(8-12)20(2)3/h5-8,10H,4,9,11H2,1-3H3,(H2,18,19,21). The van der Waals surface area contributed by atoms with Crippen molar-refractivity contribution in [2.45, 2.75) is 26.4 Å². The monoisotopic (exact) mass is 318 g/mol. The van der Waals surface area contributed by atoms with E-state index in [0.29, 0.717) is 13.1 Å². The maximum atomic E-state index is 11.8. The van der Waals surface area contributed by atoms with Crippen LogP contribution in [0.4, 0.5) is 10.5 Å². The quantitative estimate of drug-likeness (QED) is 0.861. The summed E-state index contributed by atoms with van der Waals surface area (Å²) in [5.74, 6) is 0. The van der Waals surface area contributed by atoms with Crippen LogP contribution in [0.25, 0.3) is 0 Å². The number of anilines is 1. The summed E-state index contributed by atoms with van der Waals surface area (Å²) in [6.07, 6.45) is 2.85. The van der Waals surface area contributed by atoms with E-state index < -0.39 is 0 Å². The Hall–Kier alpha value is -2.08. The Balaban J connectivity index is 1.79. The third-order valence-electron chi connectivity index (χ3n) is 3.23. The number of thiazole rings is 1. The number of nitrogens with zero attached hydrogens (tertiary/aromatic N) is 2. The normalized spacial score (nSPS) is 10.3. The zero-order valence-electron chi connectivity index (χ0n) is 13.2. The van der Waals surface area contributed by atoms with E-state index in [-0.39, 0.29) is 6.03 Å². The molecule has 0 fully saturated rings. The Morgan fingerprint density at radius 2 is 2.05 bits per heavy atom. The van der Waals surface area contributed by atoms with Gasteiger partial charge in [-0.3, -0.25) is 0 Å². The molecule has 0 atom stereocenters. The number of nitrogens with one attached hydrogen (secondary N) is 2. The van der Waals surface area contributed by atoms with Crippen LogP contribution >= 0.6 is 11.3 Å². The molecule has 0 aliphatic heterocycles. The zero-order chi connectivity index (χ0) is 15.9. The van der Waals surface area contributed by atoms with Gasteiger partial charge in [0.15, 0.2) is 0 Å². The van der Waals surface area contributed by atoms with Crippen molar-refractivity contribution in [3.8, 4) is 0 Å². The van der Waals surface area contributed by atoms with Crippen molar-refractivity contribution in [3.05, 3.63) is 45.9 Å². The summed E-state index contributed by atoms with van der Waals surface area (Å²) in [5, 5.41) is 6.63. The Labute approximate surface area is 135 Å². The number of aryl methyl sites for hydroxylation is 1. The van der Waals surface area contributed by atoms with Crippen LogP contribution in [-0.2, 0) is 19.5 Å². The van der Waals surface area contributed by atoms with Crippen molar-refractivity contribution in [2.24, 2.45) is 0 Å². The highest BCUT2D eigenvalue weighted by Gasteiger charge is 2.04. The molecule has 0 saturated carbocycles. The number of amides is 2. The molecular weight excluding hydrogens is 296 g/mol. The van der Waals surface area contributed by atoms with Crippen molar-refractivity contribution in [1.29, 1.82) is 0 Å². The maximum Gasteiger partial charge on any atom is 0.315 e. The average molecular weight is 318 g/mol. The molecule has 2 aromatic rings. The van der Waals surface area contributed by atoms with Crippen molar-refractivity contribution in [3.63, 3.8) is 0 Å². The summed E-state index contributed by atoms with van der Waals surface area (Å²) in [6, 6.07) is 7.92. The molecule has 1 aromatic heterocycles. The third-order valence-corrected chi connectivity index (χ3v) is 4.37. The van der Waals surface area contributed by atoms with E-state index in [1.54, 1.807) is 11.3 Å². The fraction of sp³-hybridized carbons (Fsp3) is 0.375. The number of benzene rings is 1. The average Bonchev–Trinajstić information content (AvgIpc) is 2.99. The van der Waals surface area contributed by atoms with Crippen molar-refractivity contribution in [2.75, 3.05) is 19.0 Å². The number of carbonyl (C=O) groups excluding carboxylic acids is 1. The fourth-order valence-corrected chi connectivity index (χ4v) is 2.74. The lowest BCUT2D eigenvalue weighted by Gasteiger charge is -2.14. The number of hydrogen-bond donors (Lipinski definition) is 2. The van der Waals surface area contributed by atoms with Gasteiger partial charge >= 0.3 is 6.03 Å². The smallest absolute Gasteiger partial charge is 0.315 e. The van der Waals surface area contributed by atoms with Gasteiger partial charge in [0.05, 0.1) is 6.54 Å². The molecule has 2 N–H and O–H groups in total.